The van der Waals surface area contributed by atoms with Gasteiger partial charge in [0.25, 0.3) is 0 Å². The summed E-state index contributed by atoms with van der Waals surface area (Å²) in [5.74, 6) is -0.403. The van der Waals surface area contributed by atoms with E-state index in [2.05, 4.69) is 17.6 Å². The molecule has 2 atom stereocenters. The van der Waals surface area contributed by atoms with E-state index in [-0.39, 0.29) is 18.6 Å². The number of nitrogens with one attached hydrogen (secondary N) is 2. The van der Waals surface area contributed by atoms with Gasteiger partial charge in [-0.3, -0.25) is 4.79 Å². The molecule has 6 heteroatoms. The lowest BCUT2D eigenvalue weighted by Gasteiger charge is -2.16. The number of rotatable bonds is 11. The Hall–Kier alpha value is -1.30. The molecular weight excluding hydrogens is 260 g/mol. The molecule has 0 bridgehead atoms. The van der Waals surface area contributed by atoms with E-state index in [0.29, 0.717) is 25.4 Å². The molecule has 0 aliphatic carbocycles. The van der Waals surface area contributed by atoms with Gasteiger partial charge in [-0.05, 0) is 25.7 Å². The average Bonchev–Trinajstić information content (AvgIpc) is 2.41. The Labute approximate surface area is 121 Å². The number of hydrogen-bond donors (Lipinski definition) is 3. The molecule has 2 amide bonds. The molecule has 3 N–H and O–H groups in total. The number of ether oxygens (including phenoxy) is 1. The highest BCUT2D eigenvalue weighted by Crippen LogP contribution is 2.16. The van der Waals surface area contributed by atoms with Gasteiger partial charge in [0.15, 0.2) is 0 Å². The van der Waals surface area contributed by atoms with Gasteiger partial charge in [0.2, 0.25) is 0 Å². The fourth-order valence-electron chi connectivity index (χ4n) is 1.94. The van der Waals surface area contributed by atoms with E-state index in [1.807, 2.05) is 6.92 Å². The molecule has 0 aromatic carbocycles. The number of carboxylic acids is 1. The van der Waals surface area contributed by atoms with Gasteiger partial charge in [-0.2, -0.15) is 0 Å². The standard InChI is InChI=1S/C14H28N2O4/c1-4-5-12(6-7-13(17)18)8-9-15-14(19)16-10-11(2)20-3/h11-12H,4-10H2,1-3H3,(H,17,18)(H2,15,16,19). The zero-order valence-electron chi connectivity index (χ0n) is 12.8. The summed E-state index contributed by atoms with van der Waals surface area (Å²) in [7, 11) is 1.60. The molecule has 0 spiro atoms. The minimum Gasteiger partial charge on any atom is -0.481 e. The maximum atomic E-state index is 11.5. The zero-order chi connectivity index (χ0) is 15.4. The number of amides is 2. The Morgan fingerprint density at radius 2 is 1.90 bits per heavy atom. The maximum Gasteiger partial charge on any atom is 0.314 e. The monoisotopic (exact) mass is 288 g/mol. The van der Waals surface area contributed by atoms with Crippen LogP contribution in [0.3, 0.4) is 0 Å². The Balaban J connectivity index is 3.80. The SMILES string of the molecule is CCCC(CCNC(=O)NCC(C)OC)CCC(=O)O. The van der Waals surface area contributed by atoms with E-state index >= 15 is 0 Å². The molecule has 0 aromatic heterocycles. The van der Waals surface area contributed by atoms with Crippen LogP contribution in [0.2, 0.25) is 0 Å². The van der Waals surface area contributed by atoms with Crippen molar-refractivity contribution in [2.45, 2.75) is 52.1 Å². The van der Waals surface area contributed by atoms with Crippen molar-refractivity contribution in [1.29, 1.82) is 0 Å². The molecule has 0 heterocycles. The summed E-state index contributed by atoms with van der Waals surface area (Å²) < 4.78 is 5.03. The molecule has 0 saturated heterocycles. The molecular formula is C14H28N2O4. The summed E-state index contributed by atoms with van der Waals surface area (Å²) in [6, 6.07) is -0.206. The van der Waals surface area contributed by atoms with Crippen molar-refractivity contribution in [3.63, 3.8) is 0 Å². The Morgan fingerprint density at radius 1 is 1.20 bits per heavy atom. The molecule has 0 rings (SSSR count). The summed E-state index contributed by atoms with van der Waals surface area (Å²) in [4.78, 5) is 22.1. The van der Waals surface area contributed by atoms with Crippen molar-refractivity contribution < 1.29 is 19.4 Å². The third-order valence-electron chi connectivity index (χ3n) is 3.25. The lowest BCUT2D eigenvalue weighted by Crippen LogP contribution is -2.40. The first-order valence-corrected chi connectivity index (χ1v) is 7.25. The van der Waals surface area contributed by atoms with Crippen molar-refractivity contribution in [3.05, 3.63) is 0 Å². The second-order valence-electron chi connectivity index (χ2n) is 5.06. The van der Waals surface area contributed by atoms with Crippen molar-refractivity contribution >= 4 is 12.0 Å². The minimum atomic E-state index is -0.759. The predicted molar refractivity (Wildman–Crippen MR) is 77.8 cm³/mol. The van der Waals surface area contributed by atoms with Crippen LogP contribution in [0.25, 0.3) is 0 Å². The van der Waals surface area contributed by atoms with Crippen molar-refractivity contribution in [3.8, 4) is 0 Å². The van der Waals surface area contributed by atoms with Crippen LogP contribution >= 0.6 is 0 Å². The van der Waals surface area contributed by atoms with E-state index in [1.165, 1.54) is 0 Å². The third kappa shape index (κ3) is 10.6. The molecule has 118 valence electrons. The lowest BCUT2D eigenvalue weighted by molar-refractivity contribution is -0.137. The van der Waals surface area contributed by atoms with Gasteiger partial charge in [0, 0.05) is 26.6 Å². The fourth-order valence-corrected chi connectivity index (χ4v) is 1.94. The largest absolute Gasteiger partial charge is 0.481 e. The average molecular weight is 288 g/mol. The van der Waals surface area contributed by atoms with Crippen LogP contribution in [0.1, 0.15) is 46.0 Å². The van der Waals surface area contributed by atoms with E-state index in [0.717, 1.165) is 19.3 Å². The summed E-state index contributed by atoms with van der Waals surface area (Å²) in [6.45, 7) is 5.00. The number of carboxylic acid groups (broad SMARTS) is 1. The first kappa shape index (κ1) is 18.7. The van der Waals surface area contributed by atoms with Crippen molar-refractivity contribution in [2.75, 3.05) is 20.2 Å². The molecule has 0 aliphatic heterocycles. The fraction of sp³-hybridized carbons (Fsp3) is 0.857. The smallest absolute Gasteiger partial charge is 0.314 e. The number of carbonyl (C=O) groups is 2. The summed E-state index contributed by atoms with van der Waals surface area (Å²) in [5, 5.41) is 14.2. The van der Waals surface area contributed by atoms with Crippen LogP contribution < -0.4 is 10.6 Å². The number of carbonyl (C=O) groups excluding carboxylic acids is 1. The van der Waals surface area contributed by atoms with Crippen LogP contribution in [-0.4, -0.2) is 43.4 Å². The van der Waals surface area contributed by atoms with E-state index in [9.17, 15) is 9.59 Å². The summed E-state index contributed by atoms with van der Waals surface area (Å²) in [6.07, 6.45) is 3.70. The van der Waals surface area contributed by atoms with E-state index in [1.54, 1.807) is 7.11 Å². The number of methoxy groups -OCH3 is 1. The Morgan fingerprint density at radius 3 is 2.45 bits per heavy atom. The quantitative estimate of drug-likeness (QED) is 0.542. The highest BCUT2D eigenvalue weighted by Gasteiger charge is 2.11. The highest BCUT2D eigenvalue weighted by atomic mass is 16.5. The predicted octanol–water partition coefficient (Wildman–Crippen LogP) is 1.99. The van der Waals surface area contributed by atoms with Crippen molar-refractivity contribution in [1.82, 2.24) is 10.6 Å². The van der Waals surface area contributed by atoms with E-state index in [4.69, 9.17) is 9.84 Å². The van der Waals surface area contributed by atoms with Gasteiger partial charge in [-0.25, -0.2) is 4.79 Å². The van der Waals surface area contributed by atoms with E-state index < -0.39 is 5.97 Å². The molecule has 0 fully saturated rings. The third-order valence-corrected chi connectivity index (χ3v) is 3.25. The number of aliphatic carboxylic acids is 1. The topological polar surface area (TPSA) is 87.7 Å². The minimum absolute atomic E-state index is 0.0100. The maximum absolute atomic E-state index is 11.5. The van der Waals surface area contributed by atoms with Crippen LogP contribution in [0.5, 0.6) is 0 Å². The Bertz CT molecular complexity index is 284. The number of hydrogen-bond acceptors (Lipinski definition) is 3. The number of urea groups is 1. The van der Waals surface area contributed by atoms with Gasteiger partial charge in [0.1, 0.15) is 0 Å². The lowest BCUT2D eigenvalue weighted by atomic mass is 9.94. The van der Waals surface area contributed by atoms with Gasteiger partial charge >= 0.3 is 12.0 Å². The Kier molecular flexibility index (Phi) is 10.8. The molecule has 20 heavy (non-hydrogen) atoms. The van der Waals surface area contributed by atoms with Crippen LogP contribution in [0.15, 0.2) is 0 Å². The first-order chi connectivity index (χ1) is 9.49. The van der Waals surface area contributed by atoms with Gasteiger partial charge in [-0.1, -0.05) is 19.8 Å². The zero-order valence-corrected chi connectivity index (χ0v) is 12.8. The normalized spacial score (nSPS) is 13.6. The molecule has 0 saturated carbocycles. The van der Waals surface area contributed by atoms with Crippen LogP contribution in [0, 0.1) is 5.92 Å². The second kappa shape index (κ2) is 11.5. The summed E-state index contributed by atoms with van der Waals surface area (Å²) in [5.41, 5.74) is 0. The van der Waals surface area contributed by atoms with Gasteiger partial charge < -0.3 is 20.5 Å². The summed E-state index contributed by atoms with van der Waals surface area (Å²) >= 11 is 0. The van der Waals surface area contributed by atoms with Crippen LogP contribution in [0.4, 0.5) is 4.79 Å². The second-order valence-corrected chi connectivity index (χ2v) is 5.06. The van der Waals surface area contributed by atoms with Crippen LogP contribution in [-0.2, 0) is 9.53 Å². The molecule has 0 aliphatic rings. The molecule has 0 radical (unpaired) electrons. The first-order valence-electron chi connectivity index (χ1n) is 7.25. The molecule has 2 unspecified atom stereocenters. The molecule has 0 aromatic rings. The highest BCUT2D eigenvalue weighted by molar-refractivity contribution is 5.73. The van der Waals surface area contributed by atoms with Crippen molar-refractivity contribution in [2.24, 2.45) is 5.92 Å². The van der Waals surface area contributed by atoms with Gasteiger partial charge in [0.05, 0.1) is 6.10 Å². The molecule has 6 nitrogen and oxygen atoms in total. The van der Waals surface area contributed by atoms with Gasteiger partial charge in [-0.15, -0.1) is 0 Å².